The van der Waals surface area contributed by atoms with Crippen LogP contribution in [0.15, 0.2) is 18.2 Å². The maximum atomic E-state index is 11.9. The predicted octanol–water partition coefficient (Wildman–Crippen LogP) is 1.47. The monoisotopic (exact) mass is 247 g/mol. The molecule has 0 bridgehead atoms. The van der Waals surface area contributed by atoms with E-state index >= 15 is 0 Å². The van der Waals surface area contributed by atoms with Crippen molar-refractivity contribution in [2.24, 2.45) is 5.92 Å². The second kappa shape index (κ2) is 4.60. The molecule has 1 amide bonds. The molecular formula is C13H13NO4. The van der Waals surface area contributed by atoms with E-state index in [4.69, 9.17) is 5.11 Å². The summed E-state index contributed by atoms with van der Waals surface area (Å²) < 4.78 is 0. The lowest BCUT2D eigenvalue weighted by Gasteiger charge is -2.17. The van der Waals surface area contributed by atoms with Gasteiger partial charge in [0.1, 0.15) is 5.92 Å². The lowest BCUT2D eigenvalue weighted by Crippen LogP contribution is -2.22. The van der Waals surface area contributed by atoms with E-state index in [1.54, 1.807) is 18.2 Å². The number of aliphatic carboxylic acids is 1. The van der Waals surface area contributed by atoms with Crippen LogP contribution in [0.3, 0.4) is 0 Å². The Hall–Kier alpha value is -2.17. The standard InChI is InChI=1S/C13H13NO4/c1-7(13(17)18)12(16)9-2-4-10-8(6-9)3-5-11(15)14-10/h2,4,6-7H,3,5H2,1H3,(H,14,15)(H,17,18). The van der Waals surface area contributed by atoms with Crippen LogP contribution in [0.4, 0.5) is 5.69 Å². The number of carboxylic acids is 1. The van der Waals surface area contributed by atoms with Crippen LogP contribution in [0.25, 0.3) is 0 Å². The first-order chi connectivity index (χ1) is 8.49. The number of hydrogen-bond acceptors (Lipinski definition) is 3. The Kier molecular flexibility index (Phi) is 3.14. The summed E-state index contributed by atoms with van der Waals surface area (Å²) >= 11 is 0. The number of fused-ring (bicyclic) bond motifs is 1. The van der Waals surface area contributed by atoms with Gasteiger partial charge in [-0.25, -0.2) is 0 Å². The van der Waals surface area contributed by atoms with Gasteiger partial charge in [-0.3, -0.25) is 14.4 Å². The van der Waals surface area contributed by atoms with Gasteiger partial charge in [0.15, 0.2) is 5.78 Å². The van der Waals surface area contributed by atoms with Crippen LogP contribution in [-0.4, -0.2) is 22.8 Å². The number of benzene rings is 1. The second-order valence-electron chi connectivity index (χ2n) is 4.34. The number of amides is 1. The molecule has 1 unspecified atom stereocenters. The molecule has 2 rings (SSSR count). The molecule has 18 heavy (non-hydrogen) atoms. The van der Waals surface area contributed by atoms with E-state index in [1.807, 2.05) is 0 Å². The van der Waals surface area contributed by atoms with E-state index in [0.717, 1.165) is 5.56 Å². The van der Waals surface area contributed by atoms with Crippen LogP contribution >= 0.6 is 0 Å². The topological polar surface area (TPSA) is 83.5 Å². The molecule has 1 heterocycles. The zero-order chi connectivity index (χ0) is 13.3. The highest BCUT2D eigenvalue weighted by atomic mass is 16.4. The highest BCUT2D eigenvalue weighted by Gasteiger charge is 2.23. The van der Waals surface area contributed by atoms with Crippen LogP contribution in [0.2, 0.25) is 0 Å². The zero-order valence-electron chi connectivity index (χ0n) is 9.90. The lowest BCUT2D eigenvalue weighted by atomic mass is 9.94. The summed E-state index contributed by atoms with van der Waals surface area (Å²) in [5.74, 6) is -2.64. The molecule has 1 aromatic carbocycles. The highest BCUT2D eigenvalue weighted by molar-refractivity contribution is 6.08. The number of nitrogens with one attached hydrogen (secondary N) is 1. The van der Waals surface area contributed by atoms with Gasteiger partial charge in [0.2, 0.25) is 5.91 Å². The number of aryl methyl sites for hydroxylation is 1. The summed E-state index contributed by atoms with van der Waals surface area (Å²) in [4.78, 5) is 33.8. The Morgan fingerprint density at radius 2 is 2.06 bits per heavy atom. The third-order valence-corrected chi connectivity index (χ3v) is 3.05. The predicted molar refractivity (Wildman–Crippen MR) is 64.5 cm³/mol. The SMILES string of the molecule is CC(C(=O)O)C(=O)c1ccc2c(c1)CCC(=O)N2. The smallest absolute Gasteiger partial charge is 0.314 e. The summed E-state index contributed by atoms with van der Waals surface area (Å²) in [6.07, 6.45) is 0.961. The molecule has 0 radical (unpaired) electrons. The minimum atomic E-state index is -1.13. The van der Waals surface area contributed by atoms with Crippen LogP contribution < -0.4 is 5.32 Å². The Bertz CT molecular complexity index is 536. The molecule has 2 N–H and O–H groups in total. The minimum absolute atomic E-state index is 0.0412. The number of anilines is 1. The first-order valence-corrected chi connectivity index (χ1v) is 5.69. The van der Waals surface area contributed by atoms with Gasteiger partial charge in [-0.2, -0.15) is 0 Å². The van der Waals surface area contributed by atoms with Crippen molar-refractivity contribution in [3.8, 4) is 0 Å². The molecule has 1 aliphatic rings. The molecule has 5 nitrogen and oxygen atoms in total. The third kappa shape index (κ3) is 2.25. The van der Waals surface area contributed by atoms with E-state index in [-0.39, 0.29) is 5.91 Å². The maximum absolute atomic E-state index is 11.9. The molecule has 0 aromatic heterocycles. The van der Waals surface area contributed by atoms with E-state index in [0.29, 0.717) is 24.1 Å². The fourth-order valence-corrected chi connectivity index (χ4v) is 1.90. The Labute approximate surface area is 104 Å². The summed E-state index contributed by atoms with van der Waals surface area (Å²) in [6, 6.07) is 4.86. The summed E-state index contributed by atoms with van der Waals surface area (Å²) in [6.45, 7) is 1.37. The Morgan fingerprint density at radius 3 is 2.72 bits per heavy atom. The number of hydrogen-bond donors (Lipinski definition) is 2. The van der Waals surface area contributed by atoms with Gasteiger partial charge in [-0.15, -0.1) is 0 Å². The van der Waals surface area contributed by atoms with Gasteiger partial charge in [0.25, 0.3) is 0 Å². The van der Waals surface area contributed by atoms with Crippen molar-refractivity contribution >= 4 is 23.3 Å². The van der Waals surface area contributed by atoms with Gasteiger partial charge < -0.3 is 10.4 Å². The average Bonchev–Trinajstić information content (AvgIpc) is 2.36. The minimum Gasteiger partial charge on any atom is -0.481 e. The van der Waals surface area contributed by atoms with Crippen molar-refractivity contribution < 1.29 is 19.5 Å². The quantitative estimate of drug-likeness (QED) is 0.626. The fraction of sp³-hybridized carbons (Fsp3) is 0.308. The summed E-state index contributed by atoms with van der Waals surface area (Å²) in [7, 11) is 0. The van der Waals surface area contributed by atoms with Gasteiger partial charge in [0, 0.05) is 17.7 Å². The zero-order valence-corrected chi connectivity index (χ0v) is 9.90. The molecule has 0 aliphatic carbocycles. The molecule has 1 atom stereocenters. The number of carbonyl (C=O) groups excluding carboxylic acids is 2. The molecule has 1 aromatic rings. The van der Waals surface area contributed by atoms with Crippen molar-refractivity contribution in [3.05, 3.63) is 29.3 Å². The van der Waals surface area contributed by atoms with Crippen molar-refractivity contribution in [2.45, 2.75) is 19.8 Å². The van der Waals surface area contributed by atoms with E-state index < -0.39 is 17.7 Å². The number of ketones is 1. The fourth-order valence-electron chi connectivity index (χ4n) is 1.90. The molecule has 0 saturated carbocycles. The van der Waals surface area contributed by atoms with Gasteiger partial charge in [-0.05, 0) is 37.1 Å². The Morgan fingerprint density at radius 1 is 1.33 bits per heavy atom. The van der Waals surface area contributed by atoms with Crippen molar-refractivity contribution in [3.63, 3.8) is 0 Å². The summed E-state index contributed by atoms with van der Waals surface area (Å²) in [5, 5.41) is 11.5. The van der Waals surface area contributed by atoms with E-state index in [2.05, 4.69) is 5.32 Å². The van der Waals surface area contributed by atoms with Crippen molar-refractivity contribution in [1.29, 1.82) is 0 Å². The summed E-state index contributed by atoms with van der Waals surface area (Å²) in [5.41, 5.74) is 1.95. The molecule has 0 spiro atoms. The van der Waals surface area contributed by atoms with Crippen molar-refractivity contribution in [1.82, 2.24) is 0 Å². The van der Waals surface area contributed by atoms with Gasteiger partial charge in [0.05, 0.1) is 0 Å². The normalized spacial score (nSPS) is 15.5. The first kappa shape index (κ1) is 12.3. The third-order valence-electron chi connectivity index (χ3n) is 3.05. The molecule has 1 aliphatic heterocycles. The van der Waals surface area contributed by atoms with E-state index in [1.165, 1.54) is 6.92 Å². The molecular weight excluding hydrogens is 234 g/mol. The van der Waals surface area contributed by atoms with Gasteiger partial charge >= 0.3 is 5.97 Å². The van der Waals surface area contributed by atoms with Gasteiger partial charge in [-0.1, -0.05) is 0 Å². The second-order valence-corrected chi connectivity index (χ2v) is 4.34. The molecule has 5 heteroatoms. The van der Waals surface area contributed by atoms with Crippen molar-refractivity contribution in [2.75, 3.05) is 5.32 Å². The van der Waals surface area contributed by atoms with Crippen LogP contribution in [-0.2, 0) is 16.0 Å². The average molecular weight is 247 g/mol. The number of rotatable bonds is 3. The van der Waals surface area contributed by atoms with Crippen LogP contribution in [0, 0.1) is 5.92 Å². The lowest BCUT2D eigenvalue weighted by molar-refractivity contribution is -0.139. The van der Waals surface area contributed by atoms with Crippen LogP contribution in [0.1, 0.15) is 29.3 Å². The number of carboxylic acid groups (broad SMARTS) is 1. The number of carbonyl (C=O) groups is 3. The highest BCUT2D eigenvalue weighted by Crippen LogP contribution is 2.24. The number of Topliss-reactive ketones (excluding diaryl/α,β-unsaturated/α-hetero) is 1. The van der Waals surface area contributed by atoms with Crippen LogP contribution in [0.5, 0.6) is 0 Å². The maximum Gasteiger partial charge on any atom is 0.314 e. The molecule has 0 fully saturated rings. The Balaban J connectivity index is 2.29. The molecule has 0 saturated heterocycles. The molecule has 94 valence electrons. The first-order valence-electron chi connectivity index (χ1n) is 5.69. The van der Waals surface area contributed by atoms with E-state index in [9.17, 15) is 14.4 Å². The largest absolute Gasteiger partial charge is 0.481 e.